The second kappa shape index (κ2) is 5.82. The summed E-state index contributed by atoms with van der Waals surface area (Å²) in [7, 11) is 1.84. The minimum atomic E-state index is -0.921. The molecule has 1 aromatic heterocycles. The molecule has 0 amide bonds. The molecule has 0 bridgehead atoms. The molecule has 1 aliphatic carbocycles. The van der Waals surface area contributed by atoms with Crippen LogP contribution in [0.3, 0.4) is 0 Å². The molecule has 2 N–H and O–H groups in total. The maximum absolute atomic E-state index is 12.9. The summed E-state index contributed by atoms with van der Waals surface area (Å²) < 4.78 is 14.6. The van der Waals surface area contributed by atoms with Crippen LogP contribution in [0.25, 0.3) is 0 Å². The number of rotatable bonds is 5. The minimum absolute atomic E-state index is 0.190. The maximum Gasteiger partial charge on any atom is 0.123 e. The van der Waals surface area contributed by atoms with Crippen molar-refractivity contribution in [2.45, 2.75) is 37.3 Å². The van der Waals surface area contributed by atoms with Crippen LogP contribution in [0.15, 0.2) is 36.7 Å². The summed E-state index contributed by atoms with van der Waals surface area (Å²) in [5.74, 6) is 0.298. The highest BCUT2D eigenvalue weighted by molar-refractivity contribution is 5.23. The maximum atomic E-state index is 12.9. The molecule has 22 heavy (non-hydrogen) atoms. The van der Waals surface area contributed by atoms with Crippen LogP contribution in [0.5, 0.6) is 0 Å². The average Bonchev–Trinajstić information content (AvgIpc) is 2.86. The molecule has 0 aliphatic heterocycles. The fourth-order valence-corrected chi connectivity index (χ4v) is 2.94. The van der Waals surface area contributed by atoms with Crippen LogP contribution in [0.2, 0.25) is 0 Å². The van der Waals surface area contributed by atoms with E-state index in [0.717, 1.165) is 18.4 Å². The molecule has 1 aliphatic rings. The van der Waals surface area contributed by atoms with Crippen LogP contribution in [-0.4, -0.2) is 27.5 Å². The summed E-state index contributed by atoms with van der Waals surface area (Å²) in [6, 6.07) is 7.16. The summed E-state index contributed by atoms with van der Waals surface area (Å²) in [5.41, 5.74) is 1.09. The Hall–Kier alpha value is -1.72. The lowest BCUT2D eigenvalue weighted by Crippen LogP contribution is -2.46. The molecule has 1 unspecified atom stereocenters. The Bertz CT molecular complexity index is 630. The summed E-state index contributed by atoms with van der Waals surface area (Å²) in [6.07, 6.45) is 5.58. The van der Waals surface area contributed by atoms with Crippen molar-refractivity contribution in [2.75, 3.05) is 6.54 Å². The molecule has 5 heteroatoms. The first-order valence-electron chi connectivity index (χ1n) is 7.64. The van der Waals surface area contributed by atoms with Gasteiger partial charge in [-0.2, -0.15) is 5.10 Å². The van der Waals surface area contributed by atoms with Gasteiger partial charge in [0, 0.05) is 31.4 Å². The van der Waals surface area contributed by atoms with Crippen molar-refractivity contribution < 1.29 is 9.50 Å². The lowest BCUT2D eigenvalue weighted by Gasteiger charge is -2.38. The van der Waals surface area contributed by atoms with Gasteiger partial charge >= 0.3 is 0 Å². The predicted octanol–water partition coefficient (Wildman–Crippen LogP) is 2.30. The minimum Gasteiger partial charge on any atom is -0.384 e. The first-order chi connectivity index (χ1) is 10.4. The van der Waals surface area contributed by atoms with Crippen LogP contribution in [-0.2, 0) is 12.6 Å². The Balaban J connectivity index is 1.49. The molecule has 1 aromatic carbocycles. The first kappa shape index (κ1) is 15.2. The normalized spacial score (nSPS) is 23.8. The van der Waals surface area contributed by atoms with Crippen LogP contribution >= 0.6 is 0 Å². The highest BCUT2D eigenvalue weighted by atomic mass is 19.1. The molecule has 0 saturated heterocycles. The van der Waals surface area contributed by atoms with Crippen LogP contribution in [0, 0.1) is 5.82 Å². The van der Waals surface area contributed by atoms with Gasteiger partial charge in [0.1, 0.15) is 11.4 Å². The number of nitrogens with one attached hydrogen (secondary N) is 1. The second-order valence-electron chi connectivity index (χ2n) is 6.47. The van der Waals surface area contributed by atoms with E-state index >= 15 is 0 Å². The smallest absolute Gasteiger partial charge is 0.123 e. The lowest BCUT2D eigenvalue weighted by molar-refractivity contribution is 0.0489. The monoisotopic (exact) mass is 303 g/mol. The molecule has 4 nitrogen and oxygen atoms in total. The lowest BCUT2D eigenvalue weighted by atomic mass is 9.75. The van der Waals surface area contributed by atoms with Gasteiger partial charge in [-0.05, 0) is 43.4 Å². The molecular formula is C17H22FN3O. The molecule has 0 radical (unpaired) electrons. The molecule has 118 valence electrons. The predicted molar refractivity (Wildman–Crippen MR) is 82.9 cm³/mol. The third-order valence-electron chi connectivity index (χ3n) is 4.54. The summed E-state index contributed by atoms with van der Waals surface area (Å²) in [4.78, 5) is 0. The SMILES string of the molecule is Cn1cc(C(C)(O)CNC2CC(c3ccc(F)cc3)C2)cn1. The Morgan fingerprint density at radius 1 is 1.36 bits per heavy atom. The second-order valence-corrected chi connectivity index (χ2v) is 6.47. The van der Waals surface area contributed by atoms with Gasteiger partial charge in [-0.25, -0.2) is 4.39 Å². The number of hydrogen-bond donors (Lipinski definition) is 2. The number of halogens is 1. The quantitative estimate of drug-likeness (QED) is 0.891. The molecule has 1 saturated carbocycles. The van der Waals surface area contributed by atoms with Gasteiger partial charge in [-0.1, -0.05) is 12.1 Å². The van der Waals surface area contributed by atoms with Crippen LogP contribution in [0.1, 0.15) is 36.8 Å². The van der Waals surface area contributed by atoms with E-state index in [1.165, 1.54) is 17.7 Å². The van der Waals surface area contributed by atoms with Gasteiger partial charge in [0.2, 0.25) is 0 Å². The number of benzene rings is 1. The molecule has 1 fully saturated rings. The van der Waals surface area contributed by atoms with Crippen molar-refractivity contribution in [3.05, 3.63) is 53.6 Å². The summed E-state index contributed by atoms with van der Waals surface area (Å²) in [6.45, 7) is 2.30. The van der Waals surface area contributed by atoms with E-state index in [-0.39, 0.29) is 5.82 Å². The van der Waals surface area contributed by atoms with Gasteiger partial charge in [0.25, 0.3) is 0 Å². The largest absolute Gasteiger partial charge is 0.384 e. The zero-order valence-electron chi connectivity index (χ0n) is 13.0. The van der Waals surface area contributed by atoms with E-state index in [1.54, 1.807) is 17.8 Å². The van der Waals surface area contributed by atoms with E-state index in [9.17, 15) is 9.50 Å². The molecule has 1 atom stereocenters. The van der Waals surface area contributed by atoms with Crippen molar-refractivity contribution in [3.8, 4) is 0 Å². The van der Waals surface area contributed by atoms with Crippen molar-refractivity contribution in [3.63, 3.8) is 0 Å². The highest BCUT2D eigenvalue weighted by Gasteiger charge is 2.32. The van der Waals surface area contributed by atoms with Gasteiger partial charge in [-0.15, -0.1) is 0 Å². The standard InChI is InChI=1S/C17H22FN3O/c1-17(22,14-9-20-21(2)10-14)11-19-16-7-13(8-16)12-3-5-15(18)6-4-12/h3-6,9-10,13,16,19,22H,7-8,11H2,1-2H3. The van der Waals surface area contributed by atoms with Gasteiger partial charge in [0.15, 0.2) is 0 Å². The fraction of sp³-hybridized carbons (Fsp3) is 0.471. The number of aliphatic hydroxyl groups is 1. The van der Waals surface area contributed by atoms with Crippen molar-refractivity contribution in [2.24, 2.45) is 7.05 Å². The first-order valence-corrected chi connectivity index (χ1v) is 7.64. The summed E-state index contributed by atoms with van der Waals surface area (Å²) in [5, 5.41) is 18.0. The van der Waals surface area contributed by atoms with Gasteiger partial charge in [0.05, 0.1) is 6.20 Å². The Labute approximate surface area is 130 Å². The third kappa shape index (κ3) is 3.20. The summed E-state index contributed by atoms with van der Waals surface area (Å²) >= 11 is 0. The van der Waals surface area contributed by atoms with Crippen molar-refractivity contribution >= 4 is 0 Å². The third-order valence-corrected chi connectivity index (χ3v) is 4.54. The van der Waals surface area contributed by atoms with E-state index < -0.39 is 5.60 Å². The number of nitrogens with zero attached hydrogens (tertiary/aromatic N) is 2. The molecule has 0 spiro atoms. The van der Waals surface area contributed by atoms with Gasteiger partial charge < -0.3 is 10.4 Å². The molecule has 3 rings (SSSR count). The average molecular weight is 303 g/mol. The number of aryl methyl sites for hydroxylation is 1. The van der Waals surface area contributed by atoms with E-state index in [2.05, 4.69) is 10.4 Å². The Kier molecular flexibility index (Phi) is 4.02. The van der Waals surface area contributed by atoms with Crippen LogP contribution < -0.4 is 5.32 Å². The highest BCUT2D eigenvalue weighted by Crippen LogP contribution is 2.37. The van der Waals surface area contributed by atoms with Crippen molar-refractivity contribution in [1.82, 2.24) is 15.1 Å². The number of aromatic nitrogens is 2. The molecule has 1 heterocycles. The number of hydrogen-bond acceptors (Lipinski definition) is 3. The van der Waals surface area contributed by atoms with E-state index in [4.69, 9.17) is 0 Å². The Morgan fingerprint density at radius 3 is 2.64 bits per heavy atom. The van der Waals surface area contributed by atoms with E-state index in [1.807, 2.05) is 25.4 Å². The van der Waals surface area contributed by atoms with E-state index in [0.29, 0.717) is 18.5 Å². The molecule has 2 aromatic rings. The van der Waals surface area contributed by atoms with Crippen LogP contribution in [0.4, 0.5) is 4.39 Å². The Morgan fingerprint density at radius 2 is 2.05 bits per heavy atom. The van der Waals surface area contributed by atoms with Gasteiger partial charge in [-0.3, -0.25) is 4.68 Å². The molecular weight excluding hydrogens is 281 g/mol. The fourth-order valence-electron chi connectivity index (χ4n) is 2.94. The zero-order chi connectivity index (χ0) is 15.7. The zero-order valence-corrected chi connectivity index (χ0v) is 13.0. The topological polar surface area (TPSA) is 50.1 Å². The van der Waals surface area contributed by atoms with Crippen molar-refractivity contribution in [1.29, 1.82) is 0 Å².